The molecule has 1 heterocycles. The second-order valence-corrected chi connectivity index (χ2v) is 6.75. The maximum Gasteiger partial charge on any atom is 0.159 e. The third-order valence-corrected chi connectivity index (χ3v) is 4.88. The van der Waals surface area contributed by atoms with Gasteiger partial charge in [-0.3, -0.25) is 5.26 Å². The van der Waals surface area contributed by atoms with E-state index in [1.54, 1.807) is 0 Å². The molecule has 0 radical (unpaired) electrons. The van der Waals surface area contributed by atoms with Gasteiger partial charge in [-0.15, -0.1) is 0 Å². The van der Waals surface area contributed by atoms with Crippen LogP contribution in [0.2, 0.25) is 0 Å². The summed E-state index contributed by atoms with van der Waals surface area (Å²) in [6.07, 6.45) is 8.03. The fourth-order valence-corrected chi connectivity index (χ4v) is 3.37. The molecule has 1 saturated carbocycles. The van der Waals surface area contributed by atoms with E-state index in [0.717, 1.165) is 41.3 Å². The van der Waals surface area contributed by atoms with E-state index < -0.39 is 0 Å². The van der Waals surface area contributed by atoms with Crippen LogP contribution in [0.3, 0.4) is 0 Å². The van der Waals surface area contributed by atoms with Gasteiger partial charge in [-0.1, -0.05) is 44.0 Å². The van der Waals surface area contributed by atoms with E-state index in [4.69, 9.17) is 4.89 Å². The zero-order valence-electron chi connectivity index (χ0n) is 13.8. The van der Waals surface area contributed by atoms with Crippen LogP contribution >= 0.6 is 0 Å². The SMILES string of the molecule is Cc1cnc(-c2ccc(C(OO)C3CCC(C)CC3)cc2)nc1. The van der Waals surface area contributed by atoms with Crippen molar-refractivity contribution in [1.29, 1.82) is 0 Å². The molecule has 1 aliphatic rings. The summed E-state index contributed by atoms with van der Waals surface area (Å²) >= 11 is 0. The van der Waals surface area contributed by atoms with Crippen molar-refractivity contribution in [3.8, 4) is 11.4 Å². The van der Waals surface area contributed by atoms with Crippen LogP contribution in [-0.4, -0.2) is 15.2 Å². The van der Waals surface area contributed by atoms with E-state index in [2.05, 4.69) is 16.9 Å². The van der Waals surface area contributed by atoms with Gasteiger partial charge >= 0.3 is 0 Å². The first-order valence-corrected chi connectivity index (χ1v) is 8.36. The highest BCUT2D eigenvalue weighted by Crippen LogP contribution is 2.38. The highest BCUT2D eigenvalue weighted by atomic mass is 17.1. The third kappa shape index (κ3) is 3.77. The van der Waals surface area contributed by atoms with E-state index in [1.165, 1.54) is 12.8 Å². The molecule has 4 heteroatoms. The van der Waals surface area contributed by atoms with Gasteiger partial charge in [0.25, 0.3) is 0 Å². The molecule has 122 valence electrons. The molecule has 1 atom stereocenters. The predicted molar refractivity (Wildman–Crippen MR) is 89.8 cm³/mol. The first-order chi connectivity index (χ1) is 11.2. The van der Waals surface area contributed by atoms with Gasteiger partial charge in [0.05, 0.1) is 0 Å². The Morgan fingerprint density at radius 2 is 1.65 bits per heavy atom. The fraction of sp³-hybridized carbons (Fsp3) is 0.474. The minimum Gasteiger partial charge on any atom is -0.251 e. The van der Waals surface area contributed by atoms with Gasteiger partial charge in [-0.05, 0) is 42.7 Å². The maximum absolute atomic E-state index is 9.39. The van der Waals surface area contributed by atoms with Gasteiger partial charge in [-0.25, -0.2) is 14.9 Å². The molecule has 4 nitrogen and oxygen atoms in total. The van der Waals surface area contributed by atoms with Crippen LogP contribution in [0, 0.1) is 18.8 Å². The van der Waals surface area contributed by atoms with E-state index in [9.17, 15) is 5.26 Å². The van der Waals surface area contributed by atoms with Crippen molar-refractivity contribution in [3.05, 3.63) is 47.8 Å². The normalized spacial score (nSPS) is 22.7. The molecule has 1 N–H and O–H groups in total. The van der Waals surface area contributed by atoms with Crippen LogP contribution in [0.15, 0.2) is 36.7 Å². The van der Waals surface area contributed by atoms with E-state index in [-0.39, 0.29) is 6.10 Å². The summed E-state index contributed by atoms with van der Waals surface area (Å²) in [7, 11) is 0. The second-order valence-electron chi connectivity index (χ2n) is 6.75. The zero-order chi connectivity index (χ0) is 16.2. The molecular formula is C19H24N2O2. The van der Waals surface area contributed by atoms with Crippen LogP contribution < -0.4 is 0 Å². The Hall–Kier alpha value is -1.78. The number of hydrogen-bond acceptors (Lipinski definition) is 4. The topological polar surface area (TPSA) is 55.2 Å². The Balaban J connectivity index is 1.76. The fourth-order valence-electron chi connectivity index (χ4n) is 3.37. The number of nitrogens with zero attached hydrogens (tertiary/aromatic N) is 2. The number of rotatable bonds is 4. The lowest BCUT2D eigenvalue weighted by molar-refractivity contribution is -0.296. The predicted octanol–water partition coefficient (Wildman–Crippen LogP) is 4.81. The number of hydrogen-bond donors (Lipinski definition) is 1. The molecule has 1 aliphatic carbocycles. The number of aromatic nitrogens is 2. The average Bonchev–Trinajstić information content (AvgIpc) is 2.59. The Morgan fingerprint density at radius 1 is 1.04 bits per heavy atom. The van der Waals surface area contributed by atoms with E-state index in [0.29, 0.717) is 5.92 Å². The van der Waals surface area contributed by atoms with Gasteiger partial charge < -0.3 is 0 Å². The largest absolute Gasteiger partial charge is 0.251 e. The molecule has 0 amide bonds. The molecule has 1 unspecified atom stereocenters. The highest BCUT2D eigenvalue weighted by Gasteiger charge is 2.28. The Bertz CT molecular complexity index is 617. The van der Waals surface area contributed by atoms with Gasteiger partial charge in [0, 0.05) is 18.0 Å². The molecular weight excluding hydrogens is 288 g/mol. The molecule has 1 fully saturated rings. The minimum absolute atomic E-state index is 0.240. The van der Waals surface area contributed by atoms with Crippen LogP contribution in [0.1, 0.15) is 49.8 Å². The van der Waals surface area contributed by atoms with Gasteiger partial charge in [0.1, 0.15) is 6.10 Å². The Morgan fingerprint density at radius 3 is 2.22 bits per heavy atom. The lowest BCUT2D eigenvalue weighted by Gasteiger charge is -2.31. The molecule has 0 spiro atoms. The molecule has 2 aromatic rings. The molecule has 3 rings (SSSR count). The molecule has 1 aromatic carbocycles. The van der Waals surface area contributed by atoms with Crippen molar-refractivity contribution in [3.63, 3.8) is 0 Å². The summed E-state index contributed by atoms with van der Waals surface area (Å²) < 4.78 is 0. The molecule has 23 heavy (non-hydrogen) atoms. The summed E-state index contributed by atoms with van der Waals surface area (Å²) in [6, 6.07) is 8.02. The van der Waals surface area contributed by atoms with Crippen LogP contribution in [-0.2, 0) is 4.89 Å². The Labute approximate surface area is 137 Å². The standard InChI is InChI=1S/C19H24N2O2/c1-13-3-5-15(6-4-13)18(23-22)16-7-9-17(10-8-16)19-20-11-14(2)12-21-19/h7-13,15,18,22H,3-6H2,1-2H3. The smallest absolute Gasteiger partial charge is 0.159 e. The second kappa shape index (κ2) is 7.20. The summed E-state index contributed by atoms with van der Waals surface area (Å²) in [5, 5.41) is 9.39. The molecule has 0 bridgehead atoms. The van der Waals surface area contributed by atoms with Crippen molar-refractivity contribution in [2.24, 2.45) is 11.8 Å². The van der Waals surface area contributed by atoms with Crippen molar-refractivity contribution in [2.45, 2.75) is 45.6 Å². The van der Waals surface area contributed by atoms with Crippen LogP contribution in [0.25, 0.3) is 11.4 Å². The lowest BCUT2D eigenvalue weighted by atomic mass is 9.78. The molecule has 1 aromatic heterocycles. The van der Waals surface area contributed by atoms with E-state index >= 15 is 0 Å². The molecule has 0 saturated heterocycles. The van der Waals surface area contributed by atoms with Crippen LogP contribution in [0.4, 0.5) is 0 Å². The zero-order valence-corrected chi connectivity index (χ0v) is 13.8. The summed E-state index contributed by atoms with van der Waals surface area (Å²) in [6.45, 7) is 4.27. The quantitative estimate of drug-likeness (QED) is 0.650. The van der Waals surface area contributed by atoms with Crippen molar-refractivity contribution in [1.82, 2.24) is 9.97 Å². The van der Waals surface area contributed by atoms with Crippen molar-refractivity contribution in [2.75, 3.05) is 0 Å². The highest BCUT2D eigenvalue weighted by molar-refractivity contribution is 5.55. The monoisotopic (exact) mass is 312 g/mol. The third-order valence-electron chi connectivity index (χ3n) is 4.88. The Kier molecular flexibility index (Phi) is 5.03. The van der Waals surface area contributed by atoms with Crippen molar-refractivity contribution < 1.29 is 10.1 Å². The van der Waals surface area contributed by atoms with Crippen molar-refractivity contribution >= 4 is 0 Å². The number of benzene rings is 1. The summed E-state index contributed by atoms with van der Waals surface area (Å²) in [5.41, 5.74) is 3.04. The minimum atomic E-state index is -0.240. The average molecular weight is 312 g/mol. The van der Waals surface area contributed by atoms with Gasteiger partial charge in [0.15, 0.2) is 5.82 Å². The van der Waals surface area contributed by atoms with Gasteiger partial charge in [-0.2, -0.15) is 0 Å². The van der Waals surface area contributed by atoms with Crippen LogP contribution in [0.5, 0.6) is 0 Å². The van der Waals surface area contributed by atoms with E-state index in [1.807, 2.05) is 43.6 Å². The first kappa shape index (κ1) is 16.1. The lowest BCUT2D eigenvalue weighted by Crippen LogP contribution is -2.21. The summed E-state index contributed by atoms with van der Waals surface area (Å²) in [5.74, 6) is 1.89. The molecule has 0 aliphatic heterocycles. The number of aryl methyl sites for hydroxylation is 1. The van der Waals surface area contributed by atoms with Gasteiger partial charge in [0.2, 0.25) is 0 Å². The maximum atomic E-state index is 9.39. The summed E-state index contributed by atoms with van der Waals surface area (Å²) in [4.78, 5) is 13.5. The first-order valence-electron chi connectivity index (χ1n) is 8.36.